The molecular weight excluding hydrogens is 308 g/mol. The third-order valence-electron chi connectivity index (χ3n) is 3.32. The molecule has 0 radical (unpaired) electrons. The molecule has 0 atom stereocenters. The maximum atomic E-state index is 12.1. The Morgan fingerprint density at radius 3 is 2.74 bits per heavy atom. The van der Waals surface area contributed by atoms with Crippen LogP contribution in [0.5, 0.6) is 5.75 Å². The SMILES string of the molecule is COc1ccccc1/C=C(\C#N)c1nc(=O)c2ccccc2s1. The lowest BCUT2D eigenvalue weighted by molar-refractivity contribution is 0.414. The van der Waals surface area contributed by atoms with Gasteiger partial charge >= 0.3 is 0 Å². The number of allylic oxidation sites excluding steroid dienone is 1. The van der Waals surface area contributed by atoms with Gasteiger partial charge in [0.05, 0.1) is 18.1 Å². The van der Waals surface area contributed by atoms with Crippen LogP contribution in [-0.4, -0.2) is 12.1 Å². The molecule has 3 rings (SSSR count). The summed E-state index contributed by atoms with van der Waals surface area (Å²) in [5.74, 6) is 0.661. The lowest BCUT2D eigenvalue weighted by atomic mass is 10.1. The molecule has 5 heteroatoms. The second kappa shape index (κ2) is 6.42. The molecule has 0 spiro atoms. The Bertz CT molecular complexity index is 1000. The van der Waals surface area contributed by atoms with E-state index in [0.717, 1.165) is 10.3 Å². The highest BCUT2D eigenvalue weighted by molar-refractivity contribution is 7.19. The van der Waals surface area contributed by atoms with Gasteiger partial charge in [0, 0.05) is 10.3 Å². The van der Waals surface area contributed by atoms with Crippen LogP contribution in [-0.2, 0) is 0 Å². The minimum Gasteiger partial charge on any atom is -0.496 e. The number of aromatic nitrogens is 1. The smallest absolute Gasteiger partial charge is 0.279 e. The molecule has 0 bridgehead atoms. The highest BCUT2D eigenvalue weighted by Gasteiger charge is 2.10. The summed E-state index contributed by atoms with van der Waals surface area (Å²) < 4.78 is 6.10. The Labute approximate surface area is 136 Å². The molecule has 23 heavy (non-hydrogen) atoms. The fourth-order valence-corrected chi connectivity index (χ4v) is 3.17. The Morgan fingerprint density at radius 2 is 1.96 bits per heavy atom. The van der Waals surface area contributed by atoms with Crippen molar-refractivity contribution in [3.8, 4) is 11.8 Å². The summed E-state index contributed by atoms with van der Waals surface area (Å²) in [7, 11) is 1.57. The van der Waals surface area contributed by atoms with Crippen molar-refractivity contribution < 1.29 is 4.74 Å². The number of ether oxygens (including phenoxy) is 1. The van der Waals surface area contributed by atoms with Crippen LogP contribution in [0.15, 0.2) is 53.3 Å². The van der Waals surface area contributed by atoms with Gasteiger partial charge in [-0.2, -0.15) is 10.2 Å². The highest BCUT2D eigenvalue weighted by atomic mass is 32.1. The number of nitrogens with zero attached hydrogens (tertiary/aromatic N) is 2. The largest absolute Gasteiger partial charge is 0.496 e. The van der Waals surface area contributed by atoms with Crippen LogP contribution >= 0.6 is 11.3 Å². The molecule has 0 aliphatic carbocycles. The van der Waals surface area contributed by atoms with Crippen LogP contribution in [0.1, 0.15) is 10.6 Å². The number of hydrogen-bond acceptors (Lipinski definition) is 5. The Morgan fingerprint density at radius 1 is 1.22 bits per heavy atom. The first-order valence-electron chi connectivity index (χ1n) is 6.88. The molecule has 3 aromatic rings. The van der Waals surface area contributed by atoms with Crippen LogP contribution in [0.3, 0.4) is 0 Å². The van der Waals surface area contributed by atoms with E-state index < -0.39 is 0 Å². The Kier molecular flexibility index (Phi) is 4.18. The van der Waals surface area contributed by atoms with Gasteiger partial charge < -0.3 is 4.74 Å². The van der Waals surface area contributed by atoms with Gasteiger partial charge in [-0.15, -0.1) is 11.3 Å². The van der Waals surface area contributed by atoms with Gasteiger partial charge in [-0.05, 0) is 24.3 Å². The number of benzene rings is 2. The molecular formula is C18H12N2O2S. The van der Waals surface area contributed by atoms with E-state index in [4.69, 9.17) is 4.74 Å². The quantitative estimate of drug-likeness (QED) is 0.690. The zero-order valence-corrected chi connectivity index (χ0v) is 13.1. The first-order valence-corrected chi connectivity index (χ1v) is 7.69. The molecule has 1 heterocycles. The van der Waals surface area contributed by atoms with Crippen molar-refractivity contribution in [3.63, 3.8) is 0 Å². The molecule has 0 aliphatic heterocycles. The number of nitriles is 1. The summed E-state index contributed by atoms with van der Waals surface area (Å²) in [4.78, 5) is 16.2. The summed E-state index contributed by atoms with van der Waals surface area (Å²) in [6, 6.07) is 16.8. The third kappa shape index (κ3) is 2.98. The predicted octanol–water partition coefficient (Wildman–Crippen LogP) is 3.73. The maximum Gasteiger partial charge on any atom is 0.279 e. The van der Waals surface area contributed by atoms with Crippen LogP contribution in [0, 0.1) is 11.3 Å². The van der Waals surface area contributed by atoms with Gasteiger partial charge in [0.1, 0.15) is 16.8 Å². The maximum absolute atomic E-state index is 12.1. The first-order chi connectivity index (χ1) is 11.2. The van der Waals surface area contributed by atoms with Crippen LogP contribution in [0.4, 0.5) is 0 Å². The van der Waals surface area contributed by atoms with E-state index in [-0.39, 0.29) is 5.56 Å². The molecule has 0 amide bonds. The molecule has 0 fully saturated rings. The van der Waals surface area contributed by atoms with Crippen molar-refractivity contribution in [2.24, 2.45) is 0 Å². The first kappa shape index (κ1) is 14.9. The molecule has 0 unspecified atom stereocenters. The second-order valence-electron chi connectivity index (χ2n) is 4.73. The van der Waals surface area contributed by atoms with Gasteiger partial charge in [-0.25, -0.2) is 0 Å². The highest BCUT2D eigenvalue weighted by Crippen LogP contribution is 2.27. The molecule has 1 aromatic heterocycles. The lowest BCUT2D eigenvalue weighted by Gasteiger charge is -2.05. The minimum atomic E-state index is -0.324. The molecule has 0 N–H and O–H groups in total. The van der Waals surface area contributed by atoms with E-state index in [2.05, 4.69) is 11.1 Å². The van der Waals surface area contributed by atoms with E-state index in [1.165, 1.54) is 11.3 Å². The van der Waals surface area contributed by atoms with Gasteiger partial charge in [0.25, 0.3) is 5.56 Å². The number of fused-ring (bicyclic) bond motifs is 1. The predicted molar refractivity (Wildman–Crippen MR) is 92.4 cm³/mol. The van der Waals surface area contributed by atoms with Crippen molar-refractivity contribution in [1.82, 2.24) is 4.98 Å². The average molecular weight is 320 g/mol. The average Bonchev–Trinajstić information content (AvgIpc) is 2.60. The number of rotatable bonds is 3. The summed E-state index contributed by atoms with van der Waals surface area (Å²) in [5, 5.41) is 10.4. The normalized spacial score (nSPS) is 11.2. The van der Waals surface area contributed by atoms with Crippen molar-refractivity contribution in [2.75, 3.05) is 7.11 Å². The topological polar surface area (TPSA) is 63.0 Å². The van der Waals surface area contributed by atoms with Gasteiger partial charge in [0.15, 0.2) is 0 Å². The Balaban J connectivity index is 2.17. The summed E-state index contributed by atoms with van der Waals surface area (Å²) in [6.07, 6.45) is 1.69. The number of methoxy groups -OCH3 is 1. The van der Waals surface area contributed by atoms with E-state index >= 15 is 0 Å². The lowest BCUT2D eigenvalue weighted by Crippen LogP contribution is -2.07. The van der Waals surface area contributed by atoms with Gasteiger partial charge in [-0.3, -0.25) is 4.79 Å². The van der Waals surface area contributed by atoms with Crippen LogP contribution < -0.4 is 10.3 Å². The molecule has 0 saturated heterocycles. The zero-order valence-electron chi connectivity index (χ0n) is 12.3. The van der Waals surface area contributed by atoms with E-state index in [1.54, 1.807) is 25.3 Å². The zero-order chi connectivity index (χ0) is 16.2. The van der Waals surface area contributed by atoms with E-state index in [0.29, 0.717) is 21.7 Å². The van der Waals surface area contributed by atoms with Crippen molar-refractivity contribution in [1.29, 1.82) is 5.26 Å². The van der Waals surface area contributed by atoms with Crippen molar-refractivity contribution in [3.05, 3.63) is 69.5 Å². The molecule has 4 nitrogen and oxygen atoms in total. The van der Waals surface area contributed by atoms with Gasteiger partial charge in [0.2, 0.25) is 0 Å². The minimum absolute atomic E-state index is 0.324. The van der Waals surface area contributed by atoms with Crippen molar-refractivity contribution >= 4 is 33.1 Å². The van der Waals surface area contributed by atoms with Crippen LogP contribution in [0.2, 0.25) is 0 Å². The monoisotopic (exact) mass is 320 g/mol. The number of hydrogen-bond donors (Lipinski definition) is 0. The molecule has 0 saturated carbocycles. The standard InChI is InChI=1S/C18H12N2O2S/c1-22-15-8-4-2-6-12(15)10-13(11-19)18-20-17(21)14-7-3-5-9-16(14)23-18/h2-10H,1H3/b13-10+. The Hall–Kier alpha value is -2.97. The van der Waals surface area contributed by atoms with Crippen LogP contribution in [0.25, 0.3) is 21.7 Å². The van der Waals surface area contributed by atoms with E-state index in [1.807, 2.05) is 36.4 Å². The fourth-order valence-electron chi connectivity index (χ4n) is 2.21. The molecule has 2 aromatic carbocycles. The summed E-state index contributed by atoms with van der Waals surface area (Å²) in [5.41, 5.74) is 0.777. The van der Waals surface area contributed by atoms with Crippen molar-refractivity contribution in [2.45, 2.75) is 0 Å². The molecule has 112 valence electrons. The summed E-state index contributed by atoms with van der Waals surface area (Å²) >= 11 is 1.32. The van der Waals surface area contributed by atoms with E-state index in [9.17, 15) is 10.1 Å². The fraction of sp³-hybridized carbons (Fsp3) is 0.0556. The second-order valence-corrected chi connectivity index (χ2v) is 5.76. The number of para-hydroxylation sites is 1. The third-order valence-corrected chi connectivity index (χ3v) is 4.40. The molecule has 0 aliphatic rings. The summed E-state index contributed by atoms with van der Waals surface area (Å²) in [6.45, 7) is 0. The van der Waals surface area contributed by atoms with Gasteiger partial charge in [-0.1, -0.05) is 30.3 Å².